The van der Waals surface area contributed by atoms with Crippen LogP contribution in [0, 0.1) is 11.3 Å². The maximum absolute atomic E-state index is 13.5. The van der Waals surface area contributed by atoms with Crippen molar-refractivity contribution in [3.8, 4) is 22.9 Å². The Morgan fingerprint density at radius 3 is 2.47 bits per heavy atom. The lowest BCUT2D eigenvalue weighted by atomic mass is 10.00. The molecule has 1 unspecified atom stereocenters. The highest BCUT2D eigenvalue weighted by Crippen LogP contribution is 2.35. The lowest BCUT2D eigenvalue weighted by Crippen LogP contribution is -2.29. The molecule has 0 radical (unpaired) electrons. The Labute approximate surface area is 222 Å². The lowest BCUT2D eigenvalue weighted by molar-refractivity contribution is -0.143. The number of benzene rings is 2. The summed E-state index contributed by atoms with van der Waals surface area (Å²) in [6, 6.07) is 12.8. The number of rotatable bonds is 10. The number of aromatic nitrogens is 1. The van der Waals surface area contributed by atoms with Gasteiger partial charge in [0.1, 0.15) is 5.75 Å². The van der Waals surface area contributed by atoms with Crippen LogP contribution in [0.5, 0.6) is 5.75 Å². The molecule has 0 spiro atoms. The Bertz CT molecular complexity index is 1380. The van der Waals surface area contributed by atoms with Gasteiger partial charge >= 0.3 is 12.1 Å². The fourth-order valence-electron chi connectivity index (χ4n) is 3.95. The van der Waals surface area contributed by atoms with Crippen molar-refractivity contribution in [3.63, 3.8) is 0 Å². The Hall–Kier alpha value is -3.97. The van der Waals surface area contributed by atoms with Crippen LogP contribution in [-0.2, 0) is 4.74 Å². The highest BCUT2D eigenvalue weighted by molar-refractivity contribution is 6.31. The summed E-state index contributed by atoms with van der Waals surface area (Å²) in [4.78, 5) is 24.8. The van der Waals surface area contributed by atoms with Crippen LogP contribution in [0.25, 0.3) is 11.1 Å². The summed E-state index contributed by atoms with van der Waals surface area (Å²) in [7, 11) is 1.32. The molecule has 0 fully saturated rings. The number of methoxy groups -OCH3 is 1. The SMILES string of the molecule is CCOC(=O)c1ccc(NCCC(CC(F)(F)F)n2cc(OC)c(-c3cc(Cl)ccc3C#N)cc2=O)cc1. The van der Waals surface area contributed by atoms with Gasteiger partial charge in [-0.05, 0) is 55.8 Å². The van der Waals surface area contributed by atoms with E-state index in [2.05, 4.69) is 5.32 Å². The number of hydrogen-bond donors (Lipinski definition) is 1. The summed E-state index contributed by atoms with van der Waals surface area (Å²) in [5.41, 5.74) is 1.08. The average Bonchev–Trinajstić information content (AvgIpc) is 2.87. The topological polar surface area (TPSA) is 93.3 Å². The molecule has 0 aliphatic heterocycles. The molecule has 200 valence electrons. The molecule has 1 atom stereocenters. The number of hydrogen-bond acceptors (Lipinski definition) is 6. The second-order valence-corrected chi connectivity index (χ2v) is 8.73. The molecule has 38 heavy (non-hydrogen) atoms. The van der Waals surface area contributed by atoms with E-state index in [9.17, 15) is 28.0 Å². The van der Waals surface area contributed by atoms with Gasteiger partial charge in [-0.1, -0.05) is 11.6 Å². The van der Waals surface area contributed by atoms with Crippen LogP contribution in [-0.4, -0.2) is 37.0 Å². The van der Waals surface area contributed by atoms with Crippen molar-refractivity contribution in [3.05, 3.63) is 81.2 Å². The van der Waals surface area contributed by atoms with Crippen LogP contribution < -0.4 is 15.6 Å². The quantitative estimate of drug-likeness (QED) is 0.303. The fourth-order valence-corrected chi connectivity index (χ4v) is 4.12. The molecule has 2 aromatic carbocycles. The van der Waals surface area contributed by atoms with E-state index in [1.54, 1.807) is 31.2 Å². The molecular formula is C27H25ClF3N3O4. The smallest absolute Gasteiger partial charge is 0.391 e. The number of carbonyl (C=O) groups is 1. The summed E-state index contributed by atoms with van der Waals surface area (Å²) < 4.78 is 51.7. The minimum Gasteiger partial charge on any atom is -0.495 e. The van der Waals surface area contributed by atoms with E-state index in [-0.39, 0.29) is 36.4 Å². The molecule has 1 N–H and O–H groups in total. The van der Waals surface area contributed by atoms with Crippen LogP contribution in [0.15, 0.2) is 59.5 Å². The molecule has 0 amide bonds. The first-order chi connectivity index (χ1) is 18.1. The third-order valence-electron chi connectivity index (χ3n) is 5.72. The van der Waals surface area contributed by atoms with Gasteiger partial charge in [-0.25, -0.2) is 4.79 Å². The van der Waals surface area contributed by atoms with Gasteiger partial charge < -0.3 is 19.4 Å². The van der Waals surface area contributed by atoms with Crippen LogP contribution >= 0.6 is 11.6 Å². The monoisotopic (exact) mass is 547 g/mol. The first kappa shape index (κ1) is 28.6. The number of nitrogens with zero attached hydrogens (tertiary/aromatic N) is 2. The molecule has 0 saturated carbocycles. The number of carbonyl (C=O) groups excluding carboxylic acids is 1. The molecule has 0 aliphatic carbocycles. The van der Waals surface area contributed by atoms with Gasteiger partial charge in [0, 0.05) is 40.5 Å². The lowest BCUT2D eigenvalue weighted by Gasteiger charge is -2.23. The average molecular weight is 548 g/mol. The van der Waals surface area contributed by atoms with Gasteiger partial charge in [0.25, 0.3) is 5.56 Å². The van der Waals surface area contributed by atoms with Gasteiger partial charge in [0.05, 0.1) is 43.5 Å². The summed E-state index contributed by atoms with van der Waals surface area (Å²) in [5.74, 6) is -0.348. The van der Waals surface area contributed by atoms with Gasteiger partial charge in [-0.2, -0.15) is 18.4 Å². The molecule has 11 heteroatoms. The maximum atomic E-state index is 13.5. The van der Waals surface area contributed by atoms with E-state index >= 15 is 0 Å². The normalized spacial score (nSPS) is 11.9. The number of nitriles is 1. The van der Waals surface area contributed by atoms with Crippen molar-refractivity contribution < 1.29 is 27.4 Å². The fraction of sp³-hybridized carbons (Fsp3) is 0.296. The highest BCUT2D eigenvalue weighted by Gasteiger charge is 2.33. The summed E-state index contributed by atoms with van der Waals surface area (Å²) in [5, 5.41) is 12.8. The van der Waals surface area contributed by atoms with Crippen molar-refractivity contribution in [2.45, 2.75) is 32.0 Å². The van der Waals surface area contributed by atoms with Gasteiger partial charge in [0.15, 0.2) is 0 Å². The van der Waals surface area contributed by atoms with E-state index in [1.807, 2.05) is 6.07 Å². The maximum Gasteiger partial charge on any atom is 0.391 e. The number of ether oxygens (including phenoxy) is 2. The van der Waals surface area contributed by atoms with Crippen LogP contribution in [0.1, 0.15) is 41.7 Å². The Balaban J connectivity index is 1.87. The minimum atomic E-state index is -4.53. The summed E-state index contributed by atoms with van der Waals surface area (Å²) >= 11 is 6.07. The molecule has 3 rings (SSSR count). The third-order valence-corrected chi connectivity index (χ3v) is 5.95. The van der Waals surface area contributed by atoms with Gasteiger partial charge in [-0.15, -0.1) is 0 Å². The number of pyridine rings is 1. The number of alkyl halides is 3. The number of nitrogens with one attached hydrogen (secondary N) is 1. The predicted octanol–water partition coefficient (Wildman–Crippen LogP) is 6.22. The van der Waals surface area contributed by atoms with Crippen LogP contribution in [0.3, 0.4) is 0 Å². The largest absolute Gasteiger partial charge is 0.495 e. The van der Waals surface area contributed by atoms with Gasteiger partial charge in [-0.3, -0.25) is 4.79 Å². The van der Waals surface area contributed by atoms with E-state index < -0.39 is 30.2 Å². The molecule has 0 saturated heterocycles. The zero-order valence-corrected chi connectivity index (χ0v) is 21.4. The van der Waals surface area contributed by atoms with E-state index in [4.69, 9.17) is 21.1 Å². The zero-order valence-electron chi connectivity index (χ0n) is 20.6. The third kappa shape index (κ3) is 7.29. The van der Waals surface area contributed by atoms with E-state index in [1.165, 1.54) is 31.5 Å². The Kier molecular flexibility index (Phi) is 9.42. The molecule has 7 nitrogen and oxygen atoms in total. The minimum absolute atomic E-state index is 0.0395. The molecule has 1 aromatic heterocycles. The number of anilines is 1. The second-order valence-electron chi connectivity index (χ2n) is 8.29. The molecule has 1 heterocycles. The first-order valence-electron chi connectivity index (χ1n) is 11.6. The van der Waals surface area contributed by atoms with Crippen molar-refractivity contribution in [1.82, 2.24) is 4.57 Å². The molecule has 3 aromatic rings. The standard InChI is InChI=1S/C27H25ClF3N3O4/c1-3-38-26(36)17-5-8-20(9-6-17)33-11-10-21(14-27(29,30)31)34-16-24(37-2)23(13-25(34)35)22-12-19(28)7-4-18(22)15-32/h4-9,12-13,16,21,33H,3,10-11,14H2,1-2H3. The summed E-state index contributed by atoms with van der Waals surface area (Å²) in [6.07, 6.45) is -4.58. The molecule has 0 bridgehead atoms. The van der Waals surface area contributed by atoms with E-state index in [0.717, 1.165) is 10.6 Å². The van der Waals surface area contributed by atoms with Crippen molar-refractivity contribution in [2.24, 2.45) is 0 Å². The van der Waals surface area contributed by atoms with Crippen molar-refractivity contribution >= 4 is 23.3 Å². The van der Waals surface area contributed by atoms with E-state index in [0.29, 0.717) is 21.8 Å². The van der Waals surface area contributed by atoms with Crippen LogP contribution in [0.4, 0.5) is 18.9 Å². The summed E-state index contributed by atoms with van der Waals surface area (Å²) in [6.45, 7) is 2.05. The molecular weight excluding hydrogens is 523 g/mol. The van der Waals surface area contributed by atoms with Gasteiger partial charge in [0.2, 0.25) is 0 Å². The predicted molar refractivity (Wildman–Crippen MR) is 138 cm³/mol. The second kappa shape index (κ2) is 12.5. The number of esters is 1. The molecule has 0 aliphatic rings. The van der Waals surface area contributed by atoms with Crippen molar-refractivity contribution in [1.29, 1.82) is 5.26 Å². The Morgan fingerprint density at radius 2 is 1.87 bits per heavy atom. The van der Waals surface area contributed by atoms with Crippen LogP contribution in [0.2, 0.25) is 5.02 Å². The van der Waals surface area contributed by atoms with Crippen molar-refractivity contribution in [2.75, 3.05) is 25.6 Å². The first-order valence-corrected chi connectivity index (χ1v) is 12.0. The Morgan fingerprint density at radius 1 is 1.16 bits per heavy atom. The number of halogens is 4. The highest BCUT2D eigenvalue weighted by atomic mass is 35.5. The zero-order chi connectivity index (χ0) is 27.9.